The molecule has 27 heavy (non-hydrogen) atoms. The van der Waals surface area contributed by atoms with E-state index in [2.05, 4.69) is 25.5 Å². The van der Waals surface area contributed by atoms with Gasteiger partial charge in [0.15, 0.2) is 5.78 Å². The van der Waals surface area contributed by atoms with Gasteiger partial charge in [0.05, 0.1) is 28.7 Å². The Morgan fingerprint density at radius 3 is 3.07 bits per heavy atom. The number of H-pyrrole nitrogens is 1. The average Bonchev–Trinajstić information content (AvgIpc) is 3.35. The number of fused-ring (bicyclic) bond motifs is 1. The van der Waals surface area contributed by atoms with Crippen molar-refractivity contribution in [1.82, 2.24) is 30.2 Å². The number of ether oxygens (including phenoxy) is 1. The molecule has 3 aromatic rings. The lowest BCUT2D eigenvalue weighted by molar-refractivity contribution is 0.0911. The average molecular weight is 406 g/mol. The predicted molar refractivity (Wildman–Crippen MR) is 101 cm³/mol. The van der Waals surface area contributed by atoms with Crippen LogP contribution in [-0.4, -0.2) is 48.7 Å². The quantitative estimate of drug-likeness (QED) is 0.488. The SMILES string of the molecule is CC(=O)c1sc2nc(CSc3nnnn3CC3CCCO3)[nH]c(=O)c2c1C. The van der Waals surface area contributed by atoms with E-state index >= 15 is 0 Å². The van der Waals surface area contributed by atoms with Crippen LogP contribution in [0.1, 0.15) is 40.8 Å². The number of rotatable bonds is 6. The first-order chi connectivity index (χ1) is 13.0. The van der Waals surface area contributed by atoms with E-state index in [1.807, 2.05) is 0 Å². The van der Waals surface area contributed by atoms with E-state index in [9.17, 15) is 9.59 Å². The highest BCUT2D eigenvalue weighted by molar-refractivity contribution is 7.98. The zero-order valence-corrected chi connectivity index (χ0v) is 16.5. The van der Waals surface area contributed by atoms with Crippen LogP contribution >= 0.6 is 23.1 Å². The molecule has 1 N–H and O–H groups in total. The van der Waals surface area contributed by atoms with Gasteiger partial charge in [-0.05, 0) is 42.7 Å². The molecule has 1 fully saturated rings. The summed E-state index contributed by atoms with van der Waals surface area (Å²) in [5.74, 6) is 0.892. The number of thiophene rings is 1. The third kappa shape index (κ3) is 3.66. The third-order valence-corrected chi connectivity index (χ3v) is 6.66. The van der Waals surface area contributed by atoms with Crippen molar-refractivity contribution in [2.24, 2.45) is 0 Å². The summed E-state index contributed by atoms with van der Waals surface area (Å²) in [6.07, 6.45) is 2.20. The zero-order chi connectivity index (χ0) is 19.0. The van der Waals surface area contributed by atoms with Crippen LogP contribution in [0.2, 0.25) is 0 Å². The fraction of sp³-hybridized carbons (Fsp3) is 0.500. The Morgan fingerprint density at radius 1 is 1.48 bits per heavy atom. The molecule has 0 spiro atoms. The van der Waals surface area contributed by atoms with Gasteiger partial charge in [-0.2, -0.15) is 0 Å². The molecular weight excluding hydrogens is 388 g/mol. The van der Waals surface area contributed by atoms with E-state index in [-0.39, 0.29) is 17.4 Å². The number of Topliss-reactive ketones (excluding diaryl/α,β-unsaturated/α-hetero) is 1. The van der Waals surface area contributed by atoms with Crippen molar-refractivity contribution >= 4 is 39.1 Å². The number of thioether (sulfide) groups is 1. The van der Waals surface area contributed by atoms with Crippen molar-refractivity contribution in [3.63, 3.8) is 0 Å². The largest absolute Gasteiger partial charge is 0.376 e. The van der Waals surface area contributed by atoms with Crippen LogP contribution < -0.4 is 5.56 Å². The summed E-state index contributed by atoms with van der Waals surface area (Å²) in [5, 5.41) is 12.9. The number of hydrogen-bond acceptors (Lipinski definition) is 9. The Morgan fingerprint density at radius 2 is 2.33 bits per heavy atom. The fourth-order valence-corrected chi connectivity index (χ4v) is 4.97. The van der Waals surface area contributed by atoms with Crippen molar-refractivity contribution in [3.8, 4) is 0 Å². The highest BCUT2D eigenvalue weighted by Gasteiger charge is 2.20. The number of aromatic amines is 1. The van der Waals surface area contributed by atoms with Gasteiger partial charge in [-0.1, -0.05) is 11.8 Å². The molecule has 0 aromatic carbocycles. The van der Waals surface area contributed by atoms with Crippen molar-refractivity contribution in [1.29, 1.82) is 0 Å². The number of hydrogen-bond donors (Lipinski definition) is 1. The van der Waals surface area contributed by atoms with Crippen LogP contribution in [0.4, 0.5) is 0 Å². The van der Waals surface area contributed by atoms with Gasteiger partial charge in [-0.3, -0.25) is 9.59 Å². The summed E-state index contributed by atoms with van der Waals surface area (Å²) in [6, 6.07) is 0. The Kier molecular flexibility index (Phi) is 5.06. The number of carbonyl (C=O) groups is 1. The second-order valence-electron chi connectivity index (χ2n) is 6.37. The van der Waals surface area contributed by atoms with Gasteiger partial charge >= 0.3 is 0 Å². The van der Waals surface area contributed by atoms with Crippen LogP contribution in [0.25, 0.3) is 10.2 Å². The lowest BCUT2D eigenvalue weighted by Crippen LogP contribution is -2.17. The second-order valence-corrected chi connectivity index (χ2v) is 8.31. The molecule has 0 saturated carbocycles. The van der Waals surface area contributed by atoms with Gasteiger partial charge in [0.1, 0.15) is 10.7 Å². The summed E-state index contributed by atoms with van der Waals surface area (Å²) in [6.45, 7) is 4.67. The first-order valence-electron chi connectivity index (χ1n) is 8.56. The molecule has 142 valence electrons. The molecule has 1 aliphatic rings. The summed E-state index contributed by atoms with van der Waals surface area (Å²) in [5.41, 5.74) is 0.465. The first-order valence-corrected chi connectivity index (χ1v) is 10.4. The van der Waals surface area contributed by atoms with E-state index in [1.54, 1.807) is 11.6 Å². The van der Waals surface area contributed by atoms with Gasteiger partial charge < -0.3 is 9.72 Å². The molecule has 3 aromatic heterocycles. The molecule has 11 heteroatoms. The maximum atomic E-state index is 12.4. The molecule has 0 amide bonds. The van der Waals surface area contributed by atoms with E-state index in [0.717, 1.165) is 19.4 Å². The van der Waals surface area contributed by atoms with E-state index in [0.29, 0.717) is 43.9 Å². The smallest absolute Gasteiger partial charge is 0.259 e. The van der Waals surface area contributed by atoms with E-state index in [1.165, 1.54) is 30.0 Å². The molecule has 1 aliphatic heterocycles. The molecular formula is C16H18N6O3S2. The molecule has 1 unspecified atom stereocenters. The molecule has 4 rings (SSSR count). The van der Waals surface area contributed by atoms with Gasteiger partial charge in [0.2, 0.25) is 5.16 Å². The van der Waals surface area contributed by atoms with E-state index in [4.69, 9.17) is 4.74 Å². The molecule has 0 bridgehead atoms. The summed E-state index contributed by atoms with van der Waals surface area (Å²) in [4.78, 5) is 32.6. The van der Waals surface area contributed by atoms with Gasteiger partial charge in [0, 0.05) is 6.61 Å². The maximum Gasteiger partial charge on any atom is 0.259 e. The van der Waals surface area contributed by atoms with Crippen LogP contribution in [0, 0.1) is 6.92 Å². The Balaban J connectivity index is 1.54. The fourth-order valence-electron chi connectivity index (χ4n) is 3.12. The number of nitrogens with one attached hydrogen (secondary N) is 1. The lowest BCUT2D eigenvalue weighted by atomic mass is 10.2. The maximum absolute atomic E-state index is 12.4. The monoisotopic (exact) mass is 406 g/mol. The number of carbonyl (C=O) groups excluding carboxylic acids is 1. The van der Waals surface area contributed by atoms with Gasteiger partial charge in [-0.15, -0.1) is 16.4 Å². The Bertz CT molecular complexity index is 1050. The molecule has 0 radical (unpaired) electrons. The van der Waals surface area contributed by atoms with Gasteiger partial charge in [-0.25, -0.2) is 9.67 Å². The van der Waals surface area contributed by atoms with Crippen LogP contribution in [-0.2, 0) is 17.0 Å². The minimum absolute atomic E-state index is 0.0564. The van der Waals surface area contributed by atoms with Crippen LogP contribution in [0.15, 0.2) is 9.95 Å². The minimum atomic E-state index is -0.226. The molecule has 4 heterocycles. The topological polar surface area (TPSA) is 116 Å². The zero-order valence-electron chi connectivity index (χ0n) is 14.9. The van der Waals surface area contributed by atoms with Crippen molar-refractivity contribution in [2.45, 2.75) is 50.2 Å². The third-order valence-electron chi connectivity index (χ3n) is 4.41. The van der Waals surface area contributed by atoms with Crippen LogP contribution in [0.3, 0.4) is 0 Å². The number of nitrogens with zero attached hydrogens (tertiary/aromatic N) is 5. The summed E-state index contributed by atoms with van der Waals surface area (Å²) < 4.78 is 7.35. The molecule has 1 saturated heterocycles. The van der Waals surface area contributed by atoms with Gasteiger partial charge in [0.25, 0.3) is 5.56 Å². The number of tetrazole rings is 1. The van der Waals surface area contributed by atoms with Crippen molar-refractivity contribution in [3.05, 3.63) is 26.6 Å². The van der Waals surface area contributed by atoms with Crippen molar-refractivity contribution < 1.29 is 9.53 Å². The summed E-state index contributed by atoms with van der Waals surface area (Å²) >= 11 is 2.66. The highest BCUT2D eigenvalue weighted by Crippen LogP contribution is 2.28. The van der Waals surface area contributed by atoms with Crippen molar-refractivity contribution in [2.75, 3.05) is 6.61 Å². The molecule has 1 atom stereocenters. The number of aryl methyl sites for hydroxylation is 1. The first kappa shape index (κ1) is 18.3. The Labute approximate surface area is 162 Å². The van der Waals surface area contributed by atoms with Crippen LogP contribution in [0.5, 0.6) is 0 Å². The molecule has 9 nitrogen and oxygen atoms in total. The number of aromatic nitrogens is 6. The standard InChI is InChI=1S/C16H18N6O3S2/c1-8-12-14(24)17-11(18-15(12)27-13(8)9(2)23)7-26-16-19-20-21-22(16)6-10-4-3-5-25-10/h10H,3-7H2,1-2H3,(H,17,18,24). The highest BCUT2D eigenvalue weighted by atomic mass is 32.2. The Hall–Kier alpha value is -2.11. The summed E-state index contributed by atoms with van der Waals surface area (Å²) in [7, 11) is 0. The predicted octanol–water partition coefficient (Wildman–Crippen LogP) is 1.95. The lowest BCUT2D eigenvalue weighted by Gasteiger charge is -2.09. The second kappa shape index (κ2) is 7.49. The van der Waals surface area contributed by atoms with E-state index < -0.39 is 0 Å². The minimum Gasteiger partial charge on any atom is -0.376 e. The number of ketones is 1. The normalized spacial score (nSPS) is 17.0. The molecule has 0 aliphatic carbocycles.